The molecule has 0 bridgehead atoms. The van der Waals surface area contributed by atoms with E-state index in [0.717, 1.165) is 154 Å². The molecule has 3 aromatic rings. The molecule has 0 unspecified atom stereocenters. The lowest BCUT2D eigenvalue weighted by atomic mass is 9.43. The zero-order valence-electron chi connectivity index (χ0n) is 55.5. The molecule has 24 atom stereocenters. The molecule has 12 fully saturated rings. The molecule has 0 aromatic carbocycles. The van der Waals surface area contributed by atoms with Crippen LogP contribution in [0.2, 0.25) is 0 Å². The molecule has 0 amide bonds. The van der Waals surface area contributed by atoms with Crippen molar-refractivity contribution >= 4 is 17.3 Å². The molecule has 12 aliphatic carbocycles. The molecule has 90 heavy (non-hydrogen) atoms. The van der Waals surface area contributed by atoms with E-state index in [0.29, 0.717) is 95.7 Å². The Bertz CT molecular complexity index is 2690. The normalized spacial score (nSPS) is 47.9. The second-order valence-electron chi connectivity index (χ2n) is 34.5. The van der Waals surface area contributed by atoms with Gasteiger partial charge in [-0.2, -0.15) is 20.1 Å². The molecular weight excluding hydrogens is 1130 g/mol. The van der Waals surface area contributed by atoms with Gasteiger partial charge in [0.15, 0.2) is 17.3 Å². The lowest BCUT2D eigenvalue weighted by molar-refractivity contribution is -0.171. The number of carbonyl (C=O) groups is 3. The van der Waals surface area contributed by atoms with Gasteiger partial charge in [-0.1, -0.05) is 26.0 Å². The molecule has 0 saturated heterocycles. The predicted molar refractivity (Wildman–Crippen MR) is 339 cm³/mol. The van der Waals surface area contributed by atoms with Crippen LogP contribution in [0, 0.1) is 121 Å². The molecule has 0 spiro atoms. The SMILES string of the molecule is C[C@@]1(O)CC[C@@]2(CO)[C@@H](CC[C@H]3[C@@H]4CC[C@H](C(=O)Cn5cccn5)[C@@]4(C)CC[C@@H]32)C1.C[C@@]1(O)CC[C@@]2(CO)[C@@H](CC[C@H]3[C@@H]4CC[C@H](C(=O)Cn5ccnn5)[C@@]4(C)CC[C@@H]32)C1.C[C@@]1(O)CC[C@@]2(CO)[C@@H](CC[C@H]3[C@@H]4CC[C@H](C(=O)Cn5nccn5)[C@@]4(C)CC[C@@H]32)C1. The minimum Gasteiger partial charge on any atom is -0.396 e. The van der Waals surface area contributed by atoms with Gasteiger partial charge in [-0.15, -0.1) is 5.10 Å². The number of aromatic nitrogens is 8. The Morgan fingerprint density at radius 1 is 0.400 bits per heavy atom. The van der Waals surface area contributed by atoms with Crippen LogP contribution >= 0.6 is 0 Å². The van der Waals surface area contributed by atoms with Gasteiger partial charge in [-0.3, -0.25) is 19.1 Å². The van der Waals surface area contributed by atoms with Gasteiger partial charge in [0.05, 0.1) is 41.9 Å². The second-order valence-corrected chi connectivity index (χ2v) is 34.5. The van der Waals surface area contributed by atoms with Gasteiger partial charge < -0.3 is 30.6 Å². The predicted octanol–water partition coefficient (Wildman–Crippen LogP) is 10.3. The summed E-state index contributed by atoms with van der Waals surface area (Å²) in [5, 5.41) is 84.3. The summed E-state index contributed by atoms with van der Waals surface area (Å²) >= 11 is 0. The lowest BCUT2D eigenvalue weighted by Crippen LogP contribution is -2.58. The van der Waals surface area contributed by atoms with Gasteiger partial charge in [0.25, 0.3) is 0 Å². The van der Waals surface area contributed by atoms with Crippen molar-refractivity contribution in [2.75, 3.05) is 19.8 Å². The molecule has 0 aliphatic heterocycles. The van der Waals surface area contributed by atoms with Gasteiger partial charge in [0.1, 0.15) is 13.1 Å². The molecule has 12 saturated carbocycles. The van der Waals surface area contributed by atoms with Gasteiger partial charge in [0, 0.05) is 56.2 Å². The van der Waals surface area contributed by atoms with E-state index >= 15 is 0 Å². The fourth-order valence-corrected chi connectivity index (χ4v) is 26.0. The smallest absolute Gasteiger partial charge is 0.159 e. The zero-order valence-corrected chi connectivity index (χ0v) is 55.5. The van der Waals surface area contributed by atoms with Crippen LogP contribution in [0.5, 0.6) is 0 Å². The highest BCUT2D eigenvalue weighted by Gasteiger charge is 2.67. The van der Waals surface area contributed by atoms with Crippen molar-refractivity contribution in [2.45, 2.75) is 251 Å². The lowest BCUT2D eigenvalue weighted by Gasteiger charge is -2.62. The third-order valence-corrected chi connectivity index (χ3v) is 30.4. The quantitative estimate of drug-likeness (QED) is 0.0987. The minimum absolute atomic E-state index is 0.0103. The van der Waals surface area contributed by atoms with Crippen molar-refractivity contribution in [1.82, 2.24) is 39.8 Å². The third-order valence-electron chi connectivity index (χ3n) is 30.4. The summed E-state index contributed by atoms with van der Waals surface area (Å²) in [7, 11) is 0. The second kappa shape index (κ2) is 24.2. The average Bonchev–Trinajstić information content (AvgIpc) is 1.34. The number of Topliss-reactive ketones (excluding diaryl/α,β-unsaturated/α-hetero) is 3. The van der Waals surface area contributed by atoms with Gasteiger partial charge >= 0.3 is 0 Å². The van der Waals surface area contributed by atoms with Crippen molar-refractivity contribution in [2.24, 2.45) is 121 Å². The van der Waals surface area contributed by atoms with Crippen molar-refractivity contribution in [3.63, 3.8) is 0 Å². The van der Waals surface area contributed by atoms with Crippen LogP contribution in [0.25, 0.3) is 0 Å². The molecule has 3 heterocycles. The van der Waals surface area contributed by atoms with Crippen molar-refractivity contribution < 1.29 is 45.0 Å². The Morgan fingerprint density at radius 3 is 1.12 bits per heavy atom. The maximum atomic E-state index is 13.2. The number of aliphatic hydroxyl groups excluding tert-OH is 3. The number of rotatable bonds is 12. The fourth-order valence-electron chi connectivity index (χ4n) is 26.0. The van der Waals surface area contributed by atoms with Crippen LogP contribution in [-0.2, 0) is 34.0 Å². The molecule has 17 nitrogen and oxygen atoms in total. The maximum Gasteiger partial charge on any atom is 0.159 e. The first-order chi connectivity index (χ1) is 42.9. The largest absolute Gasteiger partial charge is 0.396 e. The monoisotopic (exact) mass is 1240 g/mol. The van der Waals surface area contributed by atoms with E-state index in [-0.39, 0.29) is 82.4 Å². The van der Waals surface area contributed by atoms with E-state index in [1.54, 1.807) is 40.3 Å². The molecule has 0 radical (unpaired) electrons. The van der Waals surface area contributed by atoms with Gasteiger partial charge in [0.2, 0.25) is 0 Å². The first-order valence-electron chi connectivity index (χ1n) is 36.1. The number of hydrogen-bond acceptors (Lipinski definition) is 14. The van der Waals surface area contributed by atoms with Gasteiger partial charge in [-0.25, -0.2) is 4.68 Å². The van der Waals surface area contributed by atoms with Crippen LogP contribution in [0.4, 0.5) is 0 Å². The highest BCUT2D eigenvalue weighted by molar-refractivity contribution is 5.83. The molecule has 17 heteroatoms. The highest BCUT2D eigenvalue weighted by atomic mass is 16.3. The summed E-state index contributed by atoms with van der Waals surface area (Å²) in [6.07, 6.45) is 38.0. The summed E-state index contributed by atoms with van der Waals surface area (Å²) in [4.78, 5) is 41.1. The van der Waals surface area contributed by atoms with Crippen molar-refractivity contribution in [3.05, 3.63) is 43.2 Å². The number of nitrogens with zero attached hydrogens (tertiary/aromatic N) is 8. The number of hydrogen-bond donors (Lipinski definition) is 6. The zero-order chi connectivity index (χ0) is 63.4. The van der Waals surface area contributed by atoms with Crippen molar-refractivity contribution in [3.8, 4) is 0 Å². The summed E-state index contributed by atoms with van der Waals surface area (Å²) < 4.78 is 3.43. The Morgan fingerprint density at radius 2 is 0.778 bits per heavy atom. The fraction of sp³-hybridized carbons (Fsp3) is 0.863. The number of fused-ring (bicyclic) bond motifs is 15. The van der Waals surface area contributed by atoms with Crippen molar-refractivity contribution in [1.29, 1.82) is 0 Å². The third kappa shape index (κ3) is 11.0. The molecule has 3 aromatic heterocycles. The van der Waals surface area contributed by atoms with Crippen LogP contribution in [0.15, 0.2) is 43.2 Å². The van der Waals surface area contributed by atoms with E-state index in [4.69, 9.17) is 0 Å². The van der Waals surface area contributed by atoms with E-state index in [9.17, 15) is 45.0 Å². The maximum absolute atomic E-state index is 13.2. The average molecular weight is 1250 g/mol. The molecule has 6 N–H and O–H groups in total. The molecule has 15 rings (SSSR count). The van der Waals surface area contributed by atoms with Crippen LogP contribution in [0.1, 0.15) is 215 Å². The topological polar surface area (TPSA) is 252 Å². The summed E-state index contributed by atoms with van der Waals surface area (Å²) in [6, 6.07) is 1.88. The number of carbonyl (C=O) groups excluding carboxylic acids is 3. The van der Waals surface area contributed by atoms with E-state index < -0.39 is 16.8 Å². The molecule has 12 aliphatic rings. The standard InChI is InChI=1S/C25H38N2O3.2C24H37N3O3/c1-23(30)10-11-25(16-28)17(14-23)4-5-18-19-6-7-21(24(19,2)9-8-20(18)25)22(29)15-27-13-3-12-26-27;1-22(30)9-10-24(15-28)16(13-22)3-4-17-18-5-6-20(23(18,2)8-7-19(17)24)21(29)14-27-12-11-25-26-27;1-22(30)9-10-24(15-28)16(13-22)3-4-17-18-5-6-20(23(18,2)8-7-19(17)24)21(29)14-27-25-11-12-26-27/h3,12-13,17-21,28,30H,4-11,14-16H2,1-2H3;2*11-12,16-20,28,30H,3-10,13-15H2,1-2H3/t17-,18-,19-,20-,21+,23+,24-,25+;2*16-,17-,18-,19-,20+,22+,23-,24+/m000/s1. The van der Waals surface area contributed by atoms with Crippen LogP contribution in [0.3, 0.4) is 0 Å². The summed E-state index contributed by atoms with van der Waals surface area (Å²) in [5.41, 5.74) is -1.55. The van der Waals surface area contributed by atoms with Gasteiger partial charge in [-0.05, 0) is 304 Å². The number of ketones is 3. The summed E-state index contributed by atoms with van der Waals surface area (Å²) in [5.74, 6) is 7.82. The number of aliphatic hydroxyl groups is 6. The Labute approximate surface area is 535 Å². The first-order valence-corrected chi connectivity index (χ1v) is 36.1. The Hall–Kier alpha value is -3.74. The minimum atomic E-state index is -0.579. The molecular formula is C73H112N8O9. The van der Waals surface area contributed by atoms with E-state index in [1.807, 2.05) is 33.0 Å². The van der Waals surface area contributed by atoms with E-state index in [1.165, 1.54) is 24.1 Å². The van der Waals surface area contributed by atoms with E-state index in [2.05, 4.69) is 46.4 Å². The van der Waals surface area contributed by atoms with Crippen LogP contribution in [-0.4, -0.2) is 124 Å². The molecule has 498 valence electrons. The Kier molecular flexibility index (Phi) is 17.4. The summed E-state index contributed by atoms with van der Waals surface area (Å²) in [6.45, 7) is 14.8. The highest BCUT2D eigenvalue weighted by Crippen LogP contribution is 2.72. The first kappa shape index (κ1) is 64.9. The Balaban J connectivity index is 0.000000124. The van der Waals surface area contributed by atoms with Crippen LogP contribution < -0.4 is 0 Å².